The van der Waals surface area contributed by atoms with Crippen LogP contribution < -0.4 is 16.0 Å². The highest BCUT2D eigenvalue weighted by molar-refractivity contribution is 7.09. The lowest BCUT2D eigenvalue weighted by atomic mass is 10.2. The summed E-state index contributed by atoms with van der Waals surface area (Å²) in [7, 11) is 0. The highest BCUT2D eigenvalue weighted by Gasteiger charge is 2.15. The van der Waals surface area contributed by atoms with Gasteiger partial charge in [-0.05, 0) is 41.0 Å². The second-order valence-electron chi connectivity index (χ2n) is 6.60. The third kappa shape index (κ3) is 10.6. The average Bonchev–Trinajstić information content (AvgIpc) is 2.91. The maximum atomic E-state index is 11.6. The van der Waals surface area contributed by atoms with Crippen molar-refractivity contribution in [1.82, 2.24) is 20.9 Å². The number of guanidine groups is 1. The Morgan fingerprint density at radius 2 is 2.00 bits per heavy atom. The van der Waals surface area contributed by atoms with Crippen molar-refractivity contribution in [2.45, 2.75) is 53.1 Å². The molecule has 8 heteroatoms. The number of nitrogens with zero attached hydrogens (tertiary/aromatic N) is 2. The number of rotatable bonds is 8. The van der Waals surface area contributed by atoms with Gasteiger partial charge in [0, 0.05) is 43.7 Å². The van der Waals surface area contributed by atoms with Crippen molar-refractivity contribution in [3.05, 3.63) is 16.1 Å². The first-order valence-electron chi connectivity index (χ1n) is 8.70. The van der Waals surface area contributed by atoms with Gasteiger partial charge in [-0.3, -0.25) is 4.99 Å². The van der Waals surface area contributed by atoms with Crippen molar-refractivity contribution < 1.29 is 9.53 Å². The van der Waals surface area contributed by atoms with Crippen LogP contribution in [0.1, 0.15) is 44.8 Å². The number of carbonyl (C=O) groups excluding carboxylic acids is 1. The average molecular weight is 370 g/mol. The van der Waals surface area contributed by atoms with E-state index in [1.54, 1.807) is 11.3 Å². The molecule has 0 aliphatic heterocycles. The molecule has 0 radical (unpaired) electrons. The summed E-state index contributed by atoms with van der Waals surface area (Å²) in [5.41, 5.74) is 0.597. The summed E-state index contributed by atoms with van der Waals surface area (Å²) in [6, 6.07) is 0. The van der Waals surface area contributed by atoms with Crippen molar-refractivity contribution in [2.75, 3.05) is 26.2 Å². The van der Waals surface area contributed by atoms with Crippen LogP contribution in [0.2, 0.25) is 0 Å². The molecular formula is C17H31N5O2S. The number of alkyl carbamates (subject to hydrolysis) is 1. The summed E-state index contributed by atoms with van der Waals surface area (Å²) >= 11 is 1.70. The van der Waals surface area contributed by atoms with Gasteiger partial charge in [-0.2, -0.15) is 0 Å². The molecule has 0 atom stereocenters. The number of nitrogens with one attached hydrogen (secondary N) is 3. The Balaban J connectivity index is 2.25. The minimum absolute atomic E-state index is 0.407. The predicted octanol–water partition coefficient (Wildman–Crippen LogP) is 2.46. The smallest absolute Gasteiger partial charge is 0.407 e. The maximum Gasteiger partial charge on any atom is 0.407 e. The predicted molar refractivity (Wildman–Crippen MR) is 103 cm³/mol. The Labute approximate surface area is 154 Å². The van der Waals surface area contributed by atoms with Gasteiger partial charge in [0.15, 0.2) is 5.96 Å². The fourth-order valence-electron chi connectivity index (χ4n) is 1.94. The monoisotopic (exact) mass is 369 g/mol. The fraction of sp³-hybridized carbons (Fsp3) is 0.706. The number of carbonyl (C=O) groups is 1. The molecule has 1 aromatic heterocycles. The lowest BCUT2D eigenvalue weighted by Gasteiger charge is -2.19. The van der Waals surface area contributed by atoms with Gasteiger partial charge in [0.1, 0.15) is 5.60 Å². The van der Waals surface area contributed by atoms with E-state index in [0.717, 1.165) is 42.6 Å². The zero-order chi connectivity index (χ0) is 18.7. The number of thiazole rings is 1. The number of aryl methyl sites for hydroxylation is 2. The van der Waals surface area contributed by atoms with Crippen LogP contribution in [0.4, 0.5) is 4.79 Å². The van der Waals surface area contributed by atoms with E-state index in [4.69, 9.17) is 4.74 Å². The van der Waals surface area contributed by atoms with Crippen LogP contribution in [0, 0.1) is 6.92 Å². The van der Waals surface area contributed by atoms with Crippen molar-refractivity contribution in [1.29, 1.82) is 0 Å². The number of aromatic nitrogens is 1. The molecule has 0 aromatic carbocycles. The Kier molecular flexibility index (Phi) is 9.26. The molecule has 0 saturated heterocycles. The molecule has 0 fully saturated rings. The molecule has 7 nitrogen and oxygen atoms in total. The molecule has 1 amide bonds. The lowest BCUT2D eigenvalue weighted by Crippen LogP contribution is -2.42. The third-order valence-electron chi connectivity index (χ3n) is 2.92. The molecular weight excluding hydrogens is 338 g/mol. The number of amides is 1. The highest BCUT2D eigenvalue weighted by atomic mass is 32.1. The molecule has 142 valence electrons. The molecule has 3 N–H and O–H groups in total. The van der Waals surface area contributed by atoms with Crippen LogP contribution in [-0.4, -0.2) is 48.8 Å². The summed E-state index contributed by atoms with van der Waals surface area (Å²) in [5, 5.41) is 12.3. The van der Waals surface area contributed by atoms with Crippen molar-refractivity contribution >= 4 is 23.4 Å². The molecule has 0 saturated carbocycles. The van der Waals surface area contributed by atoms with Gasteiger partial charge in [0.05, 0.1) is 5.01 Å². The number of hydrogen-bond acceptors (Lipinski definition) is 5. The van der Waals surface area contributed by atoms with Crippen molar-refractivity contribution in [3.8, 4) is 0 Å². The Morgan fingerprint density at radius 1 is 1.28 bits per heavy atom. The molecule has 0 bridgehead atoms. The van der Waals surface area contributed by atoms with E-state index in [0.29, 0.717) is 13.1 Å². The largest absolute Gasteiger partial charge is 0.444 e. The van der Waals surface area contributed by atoms with E-state index in [-0.39, 0.29) is 0 Å². The van der Waals surface area contributed by atoms with Gasteiger partial charge in [-0.25, -0.2) is 9.78 Å². The summed E-state index contributed by atoms with van der Waals surface area (Å²) in [5.74, 6) is 0.754. The van der Waals surface area contributed by atoms with E-state index in [2.05, 4.69) is 31.3 Å². The number of aliphatic imine (C=N–C) groups is 1. The standard InChI is InChI=1S/C17H31N5O2S/c1-6-18-15(19-9-7-8-14-22-13(2)12-25-14)20-10-11-21-16(23)24-17(3,4)5/h12H,6-11H2,1-5H3,(H,21,23)(H2,18,19,20). The summed E-state index contributed by atoms with van der Waals surface area (Å²) in [4.78, 5) is 20.6. The van der Waals surface area contributed by atoms with Crippen molar-refractivity contribution in [3.63, 3.8) is 0 Å². The Hall–Kier alpha value is -1.83. The molecule has 1 rings (SSSR count). The number of hydrogen-bond donors (Lipinski definition) is 3. The molecule has 0 aliphatic carbocycles. The zero-order valence-corrected chi connectivity index (χ0v) is 16.8. The Morgan fingerprint density at radius 3 is 2.60 bits per heavy atom. The Bertz CT molecular complexity index is 551. The molecule has 25 heavy (non-hydrogen) atoms. The third-order valence-corrected chi connectivity index (χ3v) is 3.94. The quantitative estimate of drug-likeness (QED) is 0.372. The van der Waals surface area contributed by atoms with Gasteiger partial charge in [0.2, 0.25) is 0 Å². The topological polar surface area (TPSA) is 87.6 Å². The van der Waals surface area contributed by atoms with E-state index in [1.807, 2.05) is 34.6 Å². The lowest BCUT2D eigenvalue weighted by molar-refractivity contribution is 0.0529. The molecule has 1 aromatic rings. The minimum atomic E-state index is -0.482. The van der Waals surface area contributed by atoms with Crippen LogP contribution in [-0.2, 0) is 11.2 Å². The van der Waals surface area contributed by atoms with Gasteiger partial charge < -0.3 is 20.7 Å². The van der Waals surface area contributed by atoms with Crippen LogP contribution in [0.25, 0.3) is 0 Å². The zero-order valence-electron chi connectivity index (χ0n) is 15.9. The van der Waals surface area contributed by atoms with Gasteiger partial charge >= 0.3 is 6.09 Å². The van der Waals surface area contributed by atoms with Crippen LogP contribution >= 0.6 is 11.3 Å². The summed E-state index contributed by atoms with van der Waals surface area (Å²) in [6.07, 6.45) is 1.50. The van der Waals surface area contributed by atoms with E-state index < -0.39 is 11.7 Å². The van der Waals surface area contributed by atoms with Crippen LogP contribution in [0.5, 0.6) is 0 Å². The molecule has 0 aliphatic rings. The van der Waals surface area contributed by atoms with Gasteiger partial charge in [-0.15, -0.1) is 11.3 Å². The van der Waals surface area contributed by atoms with Gasteiger partial charge in [-0.1, -0.05) is 0 Å². The SMILES string of the molecule is CCNC(=NCCCc1nc(C)cs1)NCCNC(=O)OC(C)(C)C. The second-order valence-corrected chi connectivity index (χ2v) is 7.54. The summed E-state index contributed by atoms with van der Waals surface area (Å²) in [6.45, 7) is 12.1. The fourth-order valence-corrected chi connectivity index (χ4v) is 2.76. The van der Waals surface area contributed by atoms with E-state index >= 15 is 0 Å². The van der Waals surface area contributed by atoms with Crippen LogP contribution in [0.15, 0.2) is 10.4 Å². The van der Waals surface area contributed by atoms with Gasteiger partial charge in [0.25, 0.3) is 0 Å². The molecule has 0 unspecified atom stereocenters. The van der Waals surface area contributed by atoms with Crippen LogP contribution in [0.3, 0.4) is 0 Å². The highest BCUT2D eigenvalue weighted by Crippen LogP contribution is 2.10. The van der Waals surface area contributed by atoms with Crippen molar-refractivity contribution in [2.24, 2.45) is 4.99 Å². The first kappa shape index (κ1) is 21.2. The minimum Gasteiger partial charge on any atom is -0.444 e. The van der Waals surface area contributed by atoms with E-state index in [9.17, 15) is 4.79 Å². The number of ether oxygens (including phenoxy) is 1. The second kappa shape index (κ2) is 10.9. The first-order valence-corrected chi connectivity index (χ1v) is 9.58. The molecule has 0 spiro atoms. The maximum absolute atomic E-state index is 11.6. The van der Waals surface area contributed by atoms with E-state index in [1.165, 1.54) is 0 Å². The molecule has 1 heterocycles. The first-order chi connectivity index (χ1) is 11.8. The summed E-state index contributed by atoms with van der Waals surface area (Å²) < 4.78 is 5.19. The normalized spacial score (nSPS) is 12.0.